The Bertz CT molecular complexity index is 1410. The fourth-order valence-electron chi connectivity index (χ4n) is 4.20. The Kier molecular flexibility index (Phi) is 9.86. The van der Waals surface area contributed by atoms with E-state index >= 15 is 0 Å². The van der Waals surface area contributed by atoms with Crippen LogP contribution in [0.15, 0.2) is 109 Å². The van der Waals surface area contributed by atoms with E-state index in [0.717, 1.165) is 34.1 Å². The number of halogens is 1. The van der Waals surface area contributed by atoms with Gasteiger partial charge in [-0.05, 0) is 42.5 Å². The lowest BCUT2D eigenvalue weighted by atomic mass is 10.2. The van der Waals surface area contributed by atoms with Crippen LogP contribution in [0.4, 0.5) is 21.9 Å². The number of urea groups is 1. The normalized spacial score (nSPS) is 10.5. The molecule has 4 aromatic carbocycles. The van der Waals surface area contributed by atoms with Gasteiger partial charge in [-0.1, -0.05) is 54.6 Å². The van der Waals surface area contributed by atoms with Crippen LogP contribution >= 0.6 is 7.26 Å². The lowest BCUT2D eigenvalue weighted by molar-refractivity contribution is -0.393. The minimum absolute atomic E-state index is 0. The number of carbonyl (C=O) groups excluding carboxylic acids is 2. The lowest BCUT2D eigenvalue weighted by Gasteiger charge is -2.27. The van der Waals surface area contributed by atoms with Crippen LogP contribution in [0.5, 0.6) is 0 Å². The molecule has 0 saturated carbocycles. The molecule has 0 bridgehead atoms. The molecular weight excluding hydrogens is 557 g/mol. The van der Waals surface area contributed by atoms with Crippen molar-refractivity contribution in [2.45, 2.75) is 0 Å². The summed E-state index contributed by atoms with van der Waals surface area (Å²) in [7, 11) is -2.54. The van der Waals surface area contributed by atoms with Gasteiger partial charge in [-0.15, -0.1) is 0 Å². The first kappa shape index (κ1) is 29.7. The summed E-state index contributed by atoms with van der Waals surface area (Å²) in [5.41, 5.74) is 3.27. The predicted octanol–water partition coefficient (Wildman–Crippen LogP) is 0.654. The number of carbonyl (C=O) groups is 2. The van der Waals surface area contributed by atoms with Gasteiger partial charge in [0.2, 0.25) is 0 Å². The first-order chi connectivity index (χ1) is 18.8. The van der Waals surface area contributed by atoms with Crippen molar-refractivity contribution in [3.8, 4) is 0 Å². The second-order valence-corrected chi connectivity index (χ2v) is 11.8. The molecule has 3 N–H and O–H groups in total. The predicted molar refractivity (Wildman–Crippen MR) is 150 cm³/mol. The number of nitrogens with one attached hydrogen (secondary N) is 3. The van der Waals surface area contributed by atoms with E-state index in [2.05, 4.69) is 16.2 Å². The van der Waals surface area contributed by atoms with Crippen LogP contribution < -0.4 is 44.5 Å². The van der Waals surface area contributed by atoms with Crippen LogP contribution in [-0.4, -0.2) is 27.9 Å². The van der Waals surface area contributed by atoms with Crippen molar-refractivity contribution in [3.05, 3.63) is 129 Å². The molecule has 0 aliphatic rings. The van der Waals surface area contributed by atoms with Gasteiger partial charge in [0.05, 0.1) is 15.9 Å². The molecule has 0 atom stereocenters. The largest absolute Gasteiger partial charge is 1.00 e. The summed E-state index contributed by atoms with van der Waals surface area (Å²) >= 11 is 0. The molecule has 4 aromatic rings. The van der Waals surface area contributed by atoms with E-state index in [1.54, 1.807) is 0 Å². The van der Waals surface area contributed by atoms with E-state index in [0.29, 0.717) is 0 Å². The molecule has 3 amide bonds. The van der Waals surface area contributed by atoms with E-state index in [4.69, 9.17) is 0 Å². The van der Waals surface area contributed by atoms with Crippen LogP contribution in [-0.2, 0) is 4.79 Å². The highest BCUT2D eigenvalue weighted by Gasteiger charge is 2.47. The van der Waals surface area contributed by atoms with Crippen LogP contribution in [0, 0.1) is 20.2 Å². The summed E-state index contributed by atoms with van der Waals surface area (Å²) in [6.07, 6.45) is -0.0177. The molecule has 0 radical (unpaired) electrons. The van der Waals surface area contributed by atoms with E-state index < -0.39 is 40.4 Å². The number of non-ortho nitro benzene ring substituents is 1. The SMILES string of the molecule is O=C(C[P+](c1ccccc1)(c1ccccc1)c1ccccc1)NC(=O)NNc1ccc([N+](=O)[O-])cc1[N+](=O)[O-].[Cl-]. The number of hydrogen-bond donors (Lipinski definition) is 3. The first-order valence-electron chi connectivity index (χ1n) is 11.6. The van der Waals surface area contributed by atoms with Crippen LogP contribution in [0.1, 0.15) is 0 Å². The molecule has 0 aliphatic carbocycles. The smallest absolute Gasteiger partial charge is 0.340 e. The van der Waals surface area contributed by atoms with Crippen molar-refractivity contribution in [2.75, 3.05) is 11.6 Å². The number of hydrogen-bond acceptors (Lipinski definition) is 7. The molecular formula is C27H23ClN5O6P. The average molecular weight is 580 g/mol. The molecule has 0 saturated heterocycles. The molecule has 0 spiro atoms. The van der Waals surface area contributed by atoms with E-state index in [-0.39, 0.29) is 24.3 Å². The Labute approximate surface area is 235 Å². The van der Waals surface area contributed by atoms with Gasteiger partial charge in [-0.25, -0.2) is 4.79 Å². The van der Waals surface area contributed by atoms with Gasteiger partial charge in [-0.3, -0.25) is 41.2 Å². The third-order valence-electron chi connectivity index (χ3n) is 5.92. The van der Waals surface area contributed by atoms with Crippen molar-refractivity contribution < 1.29 is 31.8 Å². The summed E-state index contributed by atoms with van der Waals surface area (Å²) in [4.78, 5) is 46.6. The van der Waals surface area contributed by atoms with Crippen molar-refractivity contribution in [1.82, 2.24) is 10.7 Å². The third-order valence-corrected chi connectivity index (χ3v) is 10.2. The maximum absolute atomic E-state index is 13.3. The molecule has 0 fully saturated rings. The van der Waals surface area contributed by atoms with Gasteiger partial charge in [0.1, 0.15) is 28.9 Å². The number of benzene rings is 4. The quantitative estimate of drug-likeness (QED) is 0.149. The molecule has 0 heterocycles. The fraction of sp³-hybridized carbons (Fsp3) is 0.0370. The van der Waals surface area contributed by atoms with Crippen molar-refractivity contribution in [2.24, 2.45) is 0 Å². The second-order valence-electron chi connectivity index (χ2n) is 8.32. The molecule has 40 heavy (non-hydrogen) atoms. The second kappa shape index (κ2) is 13.3. The van der Waals surface area contributed by atoms with E-state index in [1.165, 1.54) is 0 Å². The standard InChI is InChI=1S/C27H22N5O6P.ClH/c33-26(28-27(34)30-29-24-17-16-20(31(35)36)18-25(24)32(37)38)19-39(21-10-4-1-5-11-21,22-12-6-2-7-13-22)23-14-8-3-9-15-23;/h1-18,29H,19H2,(H-,28,30,33,34);1H. The van der Waals surface area contributed by atoms with Gasteiger partial charge in [0, 0.05) is 6.07 Å². The average Bonchev–Trinajstić information content (AvgIpc) is 2.96. The Morgan fingerprint density at radius 1 is 0.700 bits per heavy atom. The zero-order chi connectivity index (χ0) is 27.8. The monoisotopic (exact) mass is 579 g/mol. The maximum Gasteiger partial charge on any atom is 0.340 e. The molecule has 204 valence electrons. The zero-order valence-electron chi connectivity index (χ0n) is 20.8. The molecule has 13 heteroatoms. The summed E-state index contributed by atoms with van der Waals surface area (Å²) in [5.74, 6) is -0.558. The maximum atomic E-state index is 13.3. The molecule has 4 rings (SSSR count). The highest BCUT2D eigenvalue weighted by molar-refractivity contribution is 7.96. The molecule has 0 aliphatic heterocycles. The first-order valence-corrected chi connectivity index (χ1v) is 13.6. The molecule has 11 nitrogen and oxygen atoms in total. The fourth-order valence-corrected chi connectivity index (χ4v) is 8.19. The van der Waals surface area contributed by atoms with Gasteiger partial charge >= 0.3 is 11.7 Å². The molecule has 0 unspecified atom stereocenters. The summed E-state index contributed by atoms with van der Waals surface area (Å²) < 4.78 is 0. The van der Waals surface area contributed by atoms with Crippen molar-refractivity contribution in [1.29, 1.82) is 0 Å². The number of nitrogens with zero attached hydrogens (tertiary/aromatic N) is 2. The third kappa shape index (κ3) is 6.58. The van der Waals surface area contributed by atoms with Crippen LogP contribution in [0.2, 0.25) is 0 Å². The highest BCUT2D eigenvalue weighted by atomic mass is 35.5. The number of nitro benzene ring substituents is 2. The Hall–Kier alpha value is -4.86. The molecule has 0 aromatic heterocycles. The topological polar surface area (TPSA) is 157 Å². The Balaban J connectivity index is 0.00000441. The minimum atomic E-state index is -2.54. The highest BCUT2D eigenvalue weighted by Crippen LogP contribution is 2.55. The van der Waals surface area contributed by atoms with E-state index in [1.807, 2.05) is 91.0 Å². The number of anilines is 1. The lowest BCUT2D eigenvalue weighted by Crippen LogP contribution is -3.00. The van der Waals surface area contributed by atoms with Gasteiger partial charge in [0.25, 0.3) is 11.6 Å². The number of rotatable bonds is 9. The van der Waals surface area contributed by atoms with Gasteiger partial charge < -0.3 is 12.4 Å². The number of nitro groups is 2. The number of amides is 3. The summed E-state index contributed by atoms with van der Waals surface area (Å²) in [6, 6.07) is 30.9. The summed E-state index contributed by atoms with van der Waals surface area (Å²) in [5, 5.41) is 27.4. The van der Waals surface area contributed by atoms with Gasteiger partial charge in [-0.2, -0.15) is 0 Å². The van der Waals surface area contributed by atoms with Gasteiger partial charge in [0.15, 0.2) is 6.16 Å². The Morgan fingerprint density at radius 3 is 1.60 bits per heavy atom. The van der Waals surface area contributed by atoms with E-state index in [9.17, 15) is 29.8 Å². The number of imide groups is 1. The van der Waals surface area contributed by atoms with Crippen LogP contribution in [0.3, 0.4) is 0 Å². The van der Waals surface area contributed by atoms with Crippen LogP contribution in [0.25, 0.3) is 0 Å². The Morgan fingerprint density at radius 2 is 1.18 bits per heavy atom. The zero-order valence-corrected chi connectivity index (χ0v) is 22.4. The van der Waals surface area contributed by atoms with Crippen molar-refractivity contribution >= 4 is 52.2 Å². The number of hydrazine groups is 1. The minimum Gasteiger partial charge on any atom is -1.00 e. The van der Waals surface area contributed by atoms with Crippen molar-refractivity contribution in [3.63, 3.8) is 0 Å². The summed E-state index contributed by atoms with van der Waals surface area (Å²) in [6.45, 7) is 0.